The maximum absolute atomic E-state index is 13.3. The van der Waals surface area contributed by atoms with Gasteiger partial charge in [0.1, 0.15) is 18.6 Å². The summed E-state index contributed by atoms with van der Waals surface area (Å²) in [5.74, 6) is -3.41. The van der Waals surface area contributed by atoms with Gasteiger partial charge >= 0.3 is 5.97 Å². The van der Waals surface area contributed by atoms with Gasteiger partial charge in [0.2, 0.25) is 5.91 Å². The van der Waals surface area contributed by atoms with Crippen molar-refractivity contribution < 1.29 is 28.7 Å². The van der Waals surface area contributed by atoms with Crippen LogP contribution in [0.2, 0.25) is 5.02 Å². The Balaban J connectivity index is 2.18. The SMILES string of the molecule is C=CC(=O)N(CC(=O)OCC)NC(=O)[C@@H](NC(=O)[C@@H](NC(=O)c1ccc(N)c(Cl)c1)C(C)(C)C)C1CC1. The van der Waals surface area contributed by atoms with Crippen LogP contribution in [-0.4, -0.2) is 59.8 Å². The van der Waals surface area contributed by atoms with Crippen molar-refractivity contribution in [2.45, 2.75) is 52.6 Å². The average molecular weight is 536 g/mol. The largest absolute Gasteiger partial charge is 0.465 e. The Morgan fingerprint density at radius 3 is 2.35 bits per heavy atom. The van der Waals surface area contributed by atoms with Crippen molar-refractivity contribution in [3.8, 4) is 0 Å². The smallest absolute Gasteiger partial charge is 0.327 e. The molecule has 0 heterocycles. The minimum atomic E-state index is -1.02. The number of nitrogens with one attached hydrogen (secondary N) is 3. The van der Waals surface area contributed by atoms with Gasteiger partial charge in [-0.05, 0) is 55.4 Å². The quantitative estimate of drug-likeness (QED) is 0.153. The van der Waals surface area contributed by atoms with Gasteiger partial charge in [-0.3, -0.25) is 29.4 Å². The predicted molar refractivity (Wildman–Crippen MR) is 138 cm³/mol. The molecule has 0 spiro atoms. The predicted octanol–water partition coefficient (Wildman–Crippen LogP) is 1.57. The maximum atomic E-state index is 13.3. The van der Waals surface area contributed by atoms with Crippen LogP contribution in [-0.2, 0) is 23.9 Å². The van der Waals surface area contributed by atoms with Crippen LogP contribution in [0.4, 0.5) is 5.69 Å². The van der Waals surface area contributed by atoms with Crippen LogP contribution in [0.3, 0.4) is 0 Å². The van der Waals surface area contributed by atoms with Gasteiger partial charge in [0.25, 0.3) is 17.7 Å². The minimum Gasteiger partial charge on any atom is -0.465 e. The van der Waals surface area contributed by atoms with Crippen molar-refractivity contribution in [1.29, 1.82) is 0 Å². The molecule has 0 aliphatic heterocycles. The Hall–Kier alpha value is -3.60. The third-order valence-electron chi connectivity index (χ3n) is 5.62. The number of nitrogens with two attached hydrogens (primary N) is 1. The summed E-state index contributed by atoms with van der Waals surface area (Å²) in [5, 5.41) is 6.41. The zero-order valence-electron chi connectivity index (χ0n) is 21.4. The molecule has 1 aromatic rings. The molecule has 1 saturated carbocycles. The van der Waals surface area contributed by atoms with Gasteiger partial charge in [-0.2, -0.15) is 0 Å². The van der Waals surface area contributed by atoms with Gasteiger partial charge < -0.3 is 21.1 Å². The van der Waals surface area contributed by atoms with Crippen LogP contribution in [0.15, 0.2) is 30.9 Å². The van der Waals surface area contributed by atoms with Gasteiger partial charge in [0.05, 0.1) is 17.3 Å². The molecule has 4 amide bonds. The highest BCUT2D eigenvalue weighted by Crippen LogP contribution is 2.33. The summed E-state index contributed by atoms with van der Waals surface area (Å²) in [4.78, 5) is 63.4. The number of nitrogen functional groups attached to an aromatic ring is 1. The van der Waals surface area contributed by atoms with E-state index in [0.29, 0.717) is 18.5 Å². The second kappa shape index (κ2) is 12.6. The van der Waals surface area contributed by atoms with Crippen LogP contribution in [0.1, 0.15) is 50.9 Å². The molecule has 11 nitrogen and oxygen atoms in total. The van der Waals surface area contributed by atoms with Crippen molar-refractivity contribution in [3.05, 3.63) is 41.4 Å². The molecule has 1 fully saturated rings. The molecular formula is C25H34ClN5O6. The minimum absolute atomic E-state index is 0.103. The van der Waals surface area contributed by atoms with Crippen LogP contribution < -0.4 is 21.8 Å². The lowest BCUT2D eigenvalue weighted by atomic mass is 9.85. The van der Waals surface area contributed by atoms with Crippen LogP contribution >= 0.6 is 11.6 Å². The summed E-state index contributed by atoms with van der Waals surface area (Å²) in [6.07, 6.45) is 2.31. The van der Waals surface area contributed by atoms with E-state index in [1.54, 1.807) is 27.7 Å². The summed E-state index contributed by atoms with van der Waals surface area (Å²) in [5.41, 5.74) is 7.90. The van der Waals surface area contributed by atoms with E-state index in [9.17, 15) is 24.0 Å². The molecular weight excluding hydrogens is 502 g/mol. The molecule has 0 unspecified atom stereocenters. The standard InChI is InChI=1S/C25H34ClN5O6/c1-6-18(32)31(13-19(33)37-7-2)30-23(35)20(14-8-9-14)28-24(36)21(25(3,4)5)29-22(34)15-10-11-17(27)16(26)12-15/h6,10-12,14,20-21H,1,7-9,13,27H2,2-5H3,(H,28,36)(H,29,34)(H,30,35)/t20-,21+/m0/s1. The molecule has 1 aliphatic rings. The number of rotatable bonds is 10. The molecule has 2 atom stereocenters. The Kier molecular flexibility index (Phi) is 10.1. The summed E-state index contributed by atoms with van der Waals surface area (Å²) in [6, 6.07) is 2.37. The van der Waals surface area contributed by atoms with Crippen LogP contribution in [0.5, 0.6) is 0 Å². The highest BCUT2D eigenvalue weighted by Gasteiger charge is 2.41. The van der Waals surface area contributed by atoms with E-state index in [4.69, 9.17) is 22.1 Å². The van der Waals surface area contributed by atoms with Crippen molar-refractivity contribution in [2.75, 3.05) is 18.9 Å². The lowest BCUT2D eigenvalue weighted by molar-refractivity contribution is -0.152. The fourth-order valence-corrected chi connectivity index (χ4v) is 3.62. The van der Waals surface area contributed by atoms with Crippen molar-refractivity contribution in [2.24, 2.45) is 11.3 Å². The lowest BCUT2D eigenvalue weighted by Crippen LogP contribution is -2.60. The first-order valence-corrected chi connectivity index (χ1v) is 12.2. The van der Waals surface area contributed by atoms with Gasteiger partial charge in [-0.1, -0.05) is 39.0 Å². The van der Waals surface area contributed by atoms with E-state index >= 15 is 0 Å². The number of anilines is 1. The first kappa shape index (κ1) is 29.6. The molecule has 1 aromatic carbocycles. The molecule has 12 heteroatoms. The number of carbonyl (C=O) groups excluding carboxylic acids is 5. The number of amides is 4. The van der Waals surface area contributed by atoms with E-state index in [2.05, 4.69) is 22.6 Å². The summed E-state index contributed by atoms with van der Waals surface area (Å²) in [7, 11) is 0. The fourth-order valence-electron chi connectivity index (χ4n) is 3.44. The second-order valence-corrected chi connectivity index (χ2v) is 10.1. The van der Waals surface area contributed by atoms with Crippen molar-refractivity contribution in [1.82, 2.24) is 21.1 Å². The Morgan fingerprint density at radius 2 is 1.84 bits per heavy atom. The van der Waals surface area contributed by atoms with Crippen molar-refractivity contribution in [3.63, 3.8) is 0 Å². The third kappa shape index (κ3) is 8.49. The normalized spacial score (nSPS) is 14.5. The number of esters is 1. The molecule has 37 heavy (non-hydrogen) atoms. The number of hydrogen-bond donors (Lipinski definition) is 4. The Bertz CT molecular complexity index is 1070. The first-order valence-electron chi connectivity index (χ1n) is 11.8. The molecule has 1 aliphatic carbocycles. The number of nitrogens with zero attached hydrogens (tertiary/aromatic N) is 1. The van der Waals surface area contributed by atoms with Gasteiger partial charge in [-0.25, -0.2) is 5.01 Å². The molecule has 0 aromatic heterocycles. The van der Waals surface area contributed by atoms with Gasteiger partial charge in [0.15, 0.2) is 0 Å². The van der Waals surface area contributed by atoms with E-state index in [1.165, 1.54) is 18.2 Å². The molecule has 0 bridgehead atoms. The molecule has 0 saturated heterocycles. The molecule has 0 radical (unpaired) electrons. The van der Waals surface area contributed by atoms with Crippen LogP contribution in [0.25, 0.3) is 0 Å². The topological polar surface area (TPSA) is 160 Å². The Labute approximate surface area is 221 Å². The van der Waals surface area contributed by atoms with E-state index in [0.717, 1.165) is 11.1 Å². The molecule has 5 N–H and O–H groups in total. The fraction of sp³-hybridized carbons (Fsp3) is 0.480. The molecule has 202 valence electrons. The summed E-state index contributed by atoms with van der Waals surface area (Å²) >= 11 is 6.02. The highest BCUT2D eigenvalue weighted by molar-refractivity contribution is 6.33. The zero-order chi connectivity index (χ0) is 27.9. The summed E-state index contributed by atoms with van der Waals surface area (Å²) < 4.78 is 4.85. The third-order valence-corrected chi connectivity index (χ3v) is 5.95. The van der Waals surface area contributed by atoms with Gasteiger partial charge in [0, 0.05) is 5.56 Å². The second-order valence-electron chi connectivity index (χ2n) is 9.74. The highest BCUT2D eigenvalue weighted by atomic mass is 35.5. The summed E-state index contributed by atoms with van der Waals surface area (Å²) in [6.45, 7) is 9.87. The number of carbonyl (C=O) groups is 5. The van der Waals surface area contributed by atoms with E-state index in [1.807, 2.05) is 0 Å². The number of benzene rings is 1. The van der Waals surface area contributed by atoms with Crippen LogP contribution in [0, 0.1) is 11.3 Å². The van der Waals surface area contributed by atoms with Gasteiger partial charge in [-0.15, -0.1) is 0 Å². The van der Waals surface area contributed by atoms with Crippen molar-refractivity contribution >= 4 is 46.9 Å². The monoisotopic (exact) mass is 535 g/mol. The number of ether oxygens (including phenoxy) is 1. The lowest BCUT2D eigenvalue weighted by Gasteiger charge is -2.32. The molecule has 2 rings (SSSR count). The van der Waals surface area contributed by atoms with E-state index < -0.39 is 53.6 Å². The average Bonchev–Trinajstić information content (AvgIpc) is 3.66. The maximum Gasteiger partial charge on any atom is 0.327 e. The van der Waals surface area contributed by atoms with E-state index in [-0.39, 0.29) is 23.1 Å². The Morgan fingerprint density at radius 1 is 1.19 bits per heavy atom. The number of halogens is 1. The number of hydrazine groups is 1. The number of hydrogen-bond acceptors (Lipinski definition) is 7. The zero-order valence-corrected chi connectivity index (χ0v) is 22.2. The first-order chi connectivity index (χ1) is 17.3.